The maximum absolute atomic E-state index is 12.4. The van der Waals surface area contributed by atoms with Gasteiger partial charge in [0.05, 0.1) is 19.2 Å². The first kappa shape index (κ1) is 20.6. The number of carboxylic acid groups (broad SMARTS) is 1. The van der Waals surface area contributed by atoms with Gasteiger partial charge in [-0.05, 0) is 19.4 Å². The molecule has 3 N–H and O–H groups in total. The number of thiazole rings is 1. The molecule has 1 amide bonds. The summed E-state index contributed by atoms with van der Waals surface area (Å²) in [6.45, 7) is 2.54. The first-order valence-electron chi connectivity index (χ1n) is 8.92. The predicted octanol–water partition coefficient (Wildman–Crippen LogP) is 2.94. The second-order valence-electron chi connectivity index (χ2n) is 6.62. The van der Waals surface area contributed by atoms with E-state index in [4.69, 9.17) is 15.6 Å². The zero-order chi connectivity index (χ0) is 20.3. The van der Waals surface area contributed by atoms with Gasteiger partial charge in [0.1, 0.15) is 5.75 Å². The van der Waals surface area contributed by atoms with Crippen LogP contribution in [0.1, 0.15) is 40.5 Å². The summed E-state index contributed by atoms with van der Waals surface area (Å²) in [6, 6.07) is 5.48. The fraction of sp³-hybridized carbons (Fsp3) is 0.421. The summed E-state index contributed by atoms with van der Waals surface area (Å²) < 4.78 is 6.15. The van der Waals surface area contributed by atoms with Crippen molar-refractivity contribution in [1.29, 1.82) is 0 Å². The van der Waals surface area contributed by atoms with Crippen molar-refractivity contribution in [2.24, 2.45) is 5.73 Å². The Morgan fingerprint density at radius 2 is 2.32 bits per heavy atom. The van der Waals surface area contributed by atoms with Crippen molar-refractivity contribution >= 4 is 35.0 Å². The summed E-state index contributed by atoms with van der Waals surface area (Å²) in [5, 5.41) is 10.5. The smallest absolute Gasteiger partial charge is 0.355 e. The Balaban J connectivity index is 1.67. The molecule has 1 saturated heterocycles. The summed E-state index contributed by atoms with van der Waals surface area (Å²) >= 11 is 2.75. The van der Waals surface area contributed by atoms with Crippen molar-refractivity contribution < 1.29 is 19.4 Å². The number of likely N-dealkylation sites (tertiary alicyclic amines) is 1. The lowest BCUT2D eigenvalue weighted by Crippen LogP contribution is -2.41. The van der Waals surface area contributed by atoms with Gasteiger partial charge in [-0.1, -0.05) is 29.5 Å². The molecule has 0 aliphatic carbocycles. The second kappa shape index (κ2) is 8.93. The van der Waals surface area contributed by atoms with Crippen LogP contribution in [0.3, 0.4) is 0 Å². The van der Waals surface area contributed by atoms with Crippen LogP contribution in [0.5, 0.6) is 5.75 Å². The van der Waals surface area contributed by atoms with Gasteiger partial charge in [-0.25, -0.2) is 9.78 Å². The highest BCUT2D eigenvalue weighted by molar-refractivity contribution is 8.01. The van der Waals surface area contributed by atoms with Gasteiger partial charge in [0, 0.05) is 29.7 Å². The molecule has 7 nitrogen and oxygen atoms in total. The quantitative estimate of drug-likeness (QED) is 0.631. The Hall–Kier alpha value is -2.10. The summed E-state index contributed by atoms with van der Waals surface area (Å²) in [5.74, 6) is 0.428. The normalized spacial score (nSPS) is 17.8. The lowest BCUT2D eigenvalue weighted by molar-refractivity contribution is -0.128. The molecule has 1 aromatic heterocycles. The minimum atomic E-state index is -1.03. The lowest BCUT2D eigenvalue weighted by atomic mass is 9.96. The molecule has 2 atom stereocenters. The average Bonchev–Trinajstić information content (AvgIpc) is 3.29. The molecule has 1 unspecified atom stereocenters. The van der Waals surface area contributed by atoms with Gasteiger partial charge < -0.3 is 20.5 Å². The number of hydrogen-bond donors (Lipinski definition) is 2. The number of aromatic nitrogens is 1. The van der Waals surface area contributed by atoms with E-state index in [9.17, 15) is 9.59 Å². The van der Waals surface area contributed by atoms with E-state index in [1.807, 2.05) is 30.0 Å². The molecule has 9 heteroatoms. The van der Waals surface area contributed by atoms with E-state index in [1.54, 1.807) is 7.11 Å². The van der Waals surface area contributed by atoms with E-state index in [0.29, 0.717) is 29.5 Å². The van der Waals surface area contributed by atoms with Crippen LogP contribution in [0.15, 0.2) is 27.9 Å². The van der Waals surface area contributed by atoms with Gasteiger partial charge in [0.2, 0.25) is 5.91 Å². The molecule has 0 radical (unpaired) electrons. The van der Waals surface area contributed by atoms with Crippen LogP contribution >= 0.6 is 23.1 Å². The van der Waals surface area contributed by atoms with Crippen LogP contribution in [0.25, 0.3) is 0 Å². The number of nitrogens with zero attached hydrogens (tertiary/aromatic N) is 2. The van der Waals surface area contributed by atoms with Crippen molar-refractivity contribution in [2.45, 2.75) is 36.2 Å². The highest BCUT2D eigenvalue weighted by Crippen LogP contribution is 2.34. The van der Waals surface area contributed by atoms with Crippen LogP contribution in [0.2, 0.25) is 0 Å². The molecule has 0 saturated carbocycles. The van der Waals surface area contributed by atoms with Gasteiger partial charge >= 0.3 is 5.97 Å². The Bertz CT molecular complexity index is 871. The molecule has 1 aliphatic rings. The molecule has 2 heterocycles. The number of carbonyl (C=O) groups is 2. The third kappa shape index (κ3) is 4.48. The van der Waals surface area contributed by atoms with Gasteiger partial charge in [0.25, 0.3) is 0 Å². The largest absolute Gasteiger partial charge is 0.496 e. The highest BCUT2D eigenvalue weighted by Gasteiger charge is 2.36. The van der Waals surface area contributed by atoms with Crippen molar-refractivity contribution in [1.82, 2.24) is 9.88 Å². The van der Waals surface area contributed by atoms with Gasteiger partial charge in [0.15, 0.2) is 10.0 Å². The average molecular weight is 422 g/mol. The number of benzene rings is 1. The number of rotatable bonds is 8. The third-order valence-electron chi connectivity index (χ3n) is 4.79. The molecule has 150 valence electrons. The minimum absolute atomic E-state index is 0.0520. The van der Waals surface area contributed by atoms with Crippen molar-refractivity contribution in [3.8, 4) is 5.75 Å². The standard InChI is InChI=1S/C19H23N3O4S2/c1-11-3-5-15(26-2)12(9-11)17(20)14-4-6-16(23)22(14)7-8-27-19-21-13(10-28-19)18(24)25/h3,5,9-10,14,17H,4,6-8,20H2,1-2H3,(H,24,25)/t14-,17?/m1/s1. The third-order valence-corrected chi connectivity index (χ3v) is 6.79. The summed E-state index contributed by atoms with van der Waals surface area (Å²) in [6.07, 6.45) is 1.19. The van der Waals surface area contributed by atoms with Crippen LogP contribution < -0.4 is 10.5 Å². The molecular formula is C19H23N3O4S2. The maximum atomic E-state index is 12.4. The molecule has 28 heavy (non-hydrogen) atoms. The predicted molar refractivity (Wildman–Crippen MR) is 109 cm³/mol. The van der Waals surface area contributed by atoms with Crippen molar-refractivity contribution in [3.05, 3.63) is 40.4 Å². The Morgan fingerprint density at radius 1 is 1.54 bits per heavy atom. The number of carbonyl (C=O) groups excluding carboxylic acids is 1. The number of hydrogen-bond acceptors (Lipinski definition) is 7. The lowest BCUT2D eigenvalue weighted by Gasteiger charge is -2.30. The number of nitrogens with two attached hydrogens (primary N) is 1. The number of ether oxygens (including phenoxy) is 1. The van der Waals surface area contributed by atoms with Crippen LogP contribution in [-0.2, 0) is 4.79 Å². The number of carboxylic acids is 1. The van der Waals surface area contributed by atoms with E-state index >= 15 is 0 Å². The summed E-state index contributed by atoms with van der Waals surface area (Å²) in [5.41, 5.74) is 8.61. The van der Waals surface area contributed by atoms with Gasteiger partial charge in [-0.15, -0.1) is 11.3 Å². The number of amides is 1. The molecule has 3 rings (SSSR count). The van der Waals surface area contributed by atoms with Crippen molar-refractivity contribution in [2.75, 3.05) is 19.4 Å². The highest BCUT2D eigenvalue weighted by atomic mass is 32.2. The number of thioether (sulfide) groups is 1. The second-order valence-corrected chi connectivity index (χ2v) is 8.82. The number of aryl methyl sites for hydroxylation is 1. The molecule has 0 spiro atoms. The zero-order valence-electron chi connectivity index (χ0n) is 15.8. The van der Waals surface area contributed by atoms with E-state index in [0.717, 1.165) is 16.9 Å². The van der Waals surface area contributed by atoms with E-state index < -0.39 is 5.97 Å². The van der Waals surface area contributed by atoms with Crippen LogP contribution in [0.4, 0.5) is 0 Å². The summed E-state index contributed by atoms with van der Waals surface area (Å²) in [4.78, 5) is 29.2. The van der Waals surface area contributed by atoms with E-state index in [1.165, 1.54) is 28.5 Å². The van der Waals surface area contributed by atoms with Crippen LogP contribution in [-0.4, -0.2) is 52.3 Å². The Labute approximate surface area is 171 Å². The molecular weight excluding hydrogens is 398 g/mol. The zero-order valence-corrected chi connectivity index (χ0v) is 17.4. The first-order valence-corrected chi connectivity index (χ1v) is 10.8. The van der Waals surface area contributed by atoms with Crippen molar-refractivity contribution in [3.63, 3.8) is 0 Å². The Kier molecular flexibility index (Phi) is 6.58. The van der Waals surface area contributed by atoms with E-state index in [-0.39, 0.29) is 23.7 Å². The molecule has 1 aliphatic heterocycles. The first-order chi connectivity index (χ1) is 13.4. The minimum Gasteiger partial charge on any atom is -0.496 e. The Morgan fingerprint density at radius 3 is 3.00 bits per heavy atom. The molecule has 0 bridgehead atoms. The van der Waals surface area contributed by atoms with Gasteiger partial charge in [-0.3, -0.25) is 4.79 Å². The van der Waals surface area contributed by atoms with Crippen LogP contribution in [0, 0.1) is 6.92 Å². The monoisotopic (exact) mass is 421 g/mol. The summed E-state index contributed by atoms with van der Waals surface area (Å²) in [7, 11) is 1.62. The fourth-order valence-corrected chi connectivity index (χ4v) is 5.20. The maximum Gasteiger partial charge on any atom is 0.355 e. The number of aromatic carboxylic acids is 1. The molecule has 1 fully saturated rings. The van der Waals surface area contributed by atoms with E-state index in [2.05, 4.69) is 4.98 Å². The van der Waals surface area contributed by atoms with Gasteiger partial charge in [-0.2, -0.15) is 0 Å². The molecule has 1 aromatic carbocycles. The fourth-order valence-electron chi connectivity index (χ4n) is 3.39. The topological polar surface area (TPSA) is 106 Å². The molecule has 2 aromatic rings. The number of methoxy groups -OCH3 is 1. The SMILES string of the molecule is COc1ccc(C)cc1C(N)[C@H]1CCC(=O)N1CCSc1nc(C(=O)O)cs1.